The zero-order valence-electron chi connectivity index (χ0n) is 11.5. The molecule has 0 amide bonds. The van der Waals surface area contributed by atoms with Gasteiger partial charge in [0.2, 0.25) is 0 Å². The number of hydrazine groups is 1. The van der Waals surface area contributed by atoms with Gasteiger partial charge in [0, 0.05) is 12.6 Å². The molecule has 1 aromatic carbocycles. The van der Waals surface area contributed by atoms with Crippen LogP contribution in [0.5, 0.6) is 0 Å². The number of benzene rings is 1. The topological polar surface area (TPSA) is 50.5 Å². The van der Waals surface area contributed by atoms with E-state index in [-0.39, 0.29) is 12.1 Å². The normalized spacial score (nSPS) is 29.2. The molecule has 0 aliphatic carbocycles. The van der Waals surface area contributed by atoms with E-state index < -0.39 is 0 Å². The third-order valence-corrected chi connectivity index (χ3v) is 4.49. The average molecular weight is 261 g/mol. The summed E-state index contributed by atoms with van der Waals surface area (Å²) in [5.41, 5.74) is 5.46. The van der Waals surface area contributed by atoms with Crippen molar-refractivity contribution >= 4 is 0 Å². The molecule has 0 aromatic heterocycles. The first-order valence-corrected chi connectivity index (χ1v) is 7.17. The van der Waals surface area contributed by atoms with E-state index in [2.05, 4.69) is 41.5 Å². The predicted octanol–water partition coefficient (Wildman–Crippen LogP) is 1.36. The molecule has 2 aliphatic heterocycles. The predicted molar refractivity (Wildman–Crippen MR) is 75.6 cm³/mol. The van der Waals surface area contributed by atoms with E-state index in [0.29, 0.717) is 6.04 Å². The van der Waals surface area contributed by atoms with Gasteiger partial charge < -0.3 is 4.74 Å². The van der Waals surface area contributed by atoms with Gasteiger partial charge in [-0.3, -0.25) is 16.2 Å². The quantitative estimate of drug-likeness (QED) is 0.637. The molecule has 4 heteroatoms. The Hall–Kier alpha value is -0.940. The molecule has 3 rings (SSSR count). The molecule has 3 atom stereocenters. The van der Waals surface area contributed by atoms with Gasteiger partial charge in [-0.2, -0.15) is 0 Å². The second kappa shape index (κ2) is 5.59. The fourth-order valence-corrected chi connectivity index (χ4v) is 3.38. The standard InChI is InChI=1S/C15H23N3O/c1-11-5-2-3-7-13(11)15(17-16)14-9-18-8-4-6-12(18)10-19-14/h2-3,5,7,12,14-15,17H,4,6,8-10,16H2,1H3. The minimum Gasteiger partial charge on any atom is -0.373 e. The lowest BCUT2D eigenvalue weighted by Crippen LogP contribution is -2.51. The Bertz CT molecular complexity index is 437. The van der Waals surface area contributed by atoms with Crippen molar-refractivity contribution in [3.8, 4) is 0 Å². The van der Waals surface area contributed by atoms with Gasteiger partial charge in [-0.15, -0.1) is 0 Å². The average Bonchev–Trinajstić information content (AvgIpc) is 2.89. The van der Waals surface area contributed by atoms with Gasteiger partial charge in [0.05, 0.1) is 18.8 Å². The van der Waals surface area contributed by atoms with E-state index in [1.165, 1.54) is 30.5 Å². The van der Waals surface area contributed by atoms with Crippen molar-refractivity contribution in [3.63, 3.8) is 0 Å². The molecule has 4 nitrogen and oxygen atoms in total. The SMILES string of the molecule is Cc1ccccc1C(NN)C1CN2CCCC2CO1. The molecule has 0 radical (unpaired) electrons. The first kappa shape index (κ1) is 13.1. The van der Waals surface area contributed by atoms with Crippen LogP contribution in [0.4, 0.5) is 0 Å². The van der Waals surface area contributed by atoms with Gasteiger partial charge in [0.25, 0.3) is 0 Å². The highest BCUT2D eigenvalue weighted by Crippen LogP contribution is 2.29. The second-order valence-corrected chi connectivity index (χ2v) is 5.66. The van der Waals surface area contributed by atoms with Crippen molar-refractivity contribution in [2.24, 2.45) is 5.84 Å². The molecule has 2 fully saturated rings. The van der Waals surface area contributed by atoms with Gasteiger partial charge in [0.15, 0.2) is 0 Å². The van der Waals surface area contributed by atoms with Crippen molar-refractivity contribution in [2.45, 2.75) is 38.0 Å². The summed E-state index contributed by atoms with van der Waals surface area (Å²) in [5, 5.41) is 0. The Kier molecular flexibility index (Phi) is 3.84. The summed E-state index contributed by atoms with van der Waals surface area (Å²) in [6.45, 7) is 5.15. The lowest BCUT2D eigenvalue weighted by atomic mass is 9.96. The molecule has 2 aliphatic rings. The van der Waals surface area contributed by atoms with Crippen molar-refractivity contribution in [3.05, 3.63) is 35.4 Å². The fourth-order valence-electron chi connectivity index (χ4n) is 3.38. The van der Waals surface area contributed by atoms with Crippen molar-refractivity contribution in [1.29, 1.82) is 0 Å². The minimum atomic E-state index is 0.0720. The number of rotatable bonds is 3. The summed E-state index contributed by atoms with van der Waals surface area (Å²) in [5.74, 6) is 5.79. The van der Waals surface area contributed by atoms with Crippen LogP contribution >= 0.6 is 0 Å². The van der Waals surface area contributed by atoms with Gasteiger partial charge >= 0.3 is 0 Å². The van der Waals surface area contributed by atoms with Gasteiger partial charge in [-0.25, -0.2) is 0 Å². The maximum absolute atomic E-state index is 6.07. The van der Waals surface area contributed by atoms with Gasteiger partial charge in [-0.1, -0.05) is 24.3 Å². The Labute approximate surface area is 114 Å². The number of nitrogens with two attached hydrogens (primary N) is 1. The summed E-state index contributed by atoms with van der Waals surface area (Å²) in [7, 11) is 0. The summed E-state index contributed by atoms with van der Waals surface area (Å²) in [4.78, 5) is 2.55. The van der Waals surface area contributed by atoms with Crippen LogP contribution in [0.2, 0.25) is 0 Å². The molecule has 1 aromatic rings. The number of morpholine rings is 1. The number of nitrogens with zero attached hydrogens (tertiary/aromatic N) is 1. The molecular weight excluding hydrogens is 238 g/mol. The monoisotopic (exact) mass is 261 g/mol. The summed E-state index contributed by atoms with van der Waals surface area (Å²) in [6.07, 6.45) is 2.71. The van der Waals surface area contributed by atoms with Crippen molar-refractivity contribution < 1.29 is 4.74 Å². The Morgan fingerprint density at radius 2 is 2.26 bits per heavy atom. The maximum atomic E-state index is 6.07. The Morgan fingerprint density at radius 3 is 3.05 bits per heavy atom. The van der Waals surface area contributed by atoms with Crippen LogP contribution in [-0.4, -0.2) is 36.7 Å². The van der Waals surface area contributed by atoms with E-state index in [1.54, 1.807) is 0 Å². The summed E-state index contributed by atoms with van der Waals surface area (Å²) in [6, 6.07) is 9.09. The lowest BCUT2D eigenvalue weighted by Gasteiger charge is -2.39. The molecule has 3 N–H and O–H groups in total. The molecular formula is C15H23N3O. The van der Waals surface area contributed by atoms with Crippen LogP contribution in [-0.2, 0) is 4.74 Å². The fraction of sp³-hybridized carbons (Fsp3) is 0.600. The smallest absolute Gasteiger partial charge is 0.0910 e. The number of hydrogen-bond acceptors (Lipinski definition) is 4. The number of hydrogen-bond donors (Lipinski definition) is 2. The van der Waals surface area contributed by atoms with Crippen LogP contribution in [0.25, 0.3) is 0 Å². The summed E-state index contributed by atoms with van der Waals surface area (Å²) < 4.78 is 6.07. The highest BCUT2D eigenvalue weighted by Gasteiger charge is 2.36. The number of nitrogens with one attached hydrogen (secondary N) is 1. The van der Waals surface area contributed by atoms with Crippen molar-refractivity contribution in [1.82, 2.24) is 10.3 Å². The van der Waals surface area contributed by atoms with Crippen molar-refractivity contribution in [2.75, 3.05) is 19.7 Å². The highest BCUT2D eigenvalue weighted by molar-refractivity contribution is 5.29. The largest absolute Gasteiger partial charge is 0.373 e. The first-order valence-electron chi connectivity index (χ1n) is 7.17. The zero-order valence-corrected chi connectivity index (χ0v) is 11.5. The molecule has 104 valence electrons. The van der Waals surface area contributed by atoms with Crippen LogP contribution in [0.15, 0.2) is 24.3 Å². The minimum absolute atomic E-state index is 0.0720. The lowest BCUT2D eigenvalue weighted by molar-refractivity contribution is -0.0654. The molecule has 0 bridgehead atoms. The molecule has 3 unspecified atom stereocenters. The van der Waals surface area contributed by atoms with Crippen LogP contribution in [0.3, 0.4) is 0 Å². The number of aryl methyl sites for hydroxylation is 1. The highest BCUT2D eigenvalue weighted by atomic mass is 16.5. The maximum Gasteiger partial charge on any atom is 0.0910 e. The van der Waals surface area contributed by atoms with E-state index in [1.807, 2.05) is 0 Å². The second-order valence-electron chi connectivity index (χ2n) is 5.66. The molecule has 2 saturated heterocycles. The van der Waals surface area contributed by atoms with E-state index in [9.17, 15) is 0 Å². The number of ether oxygens (including phenoxy) is 1. The third kappa shape index (κ3) is 2.54. The zero-order chi connectivity index (χ0) is 13.2. The van der Waals surface area contributed by atoms with Crippen LogP contribution < -0.4 is 11.3 Å². The van der Waals surface area contributed by atoms with Gasteiger partial charge in [0.1, 0.15) is 0 Å². The van der Waals surface area contributed by atoms with Crippen LogP contribution in [0, 0.1) is 6.92 Å². The Balaban J connectivity index is 1.77. The number of fused-ring (bicyclic) bond motifs is 1. The first-order chi connectivity index (χ1) is 9.29. The third-order valence-electron chi connectivity index (χ3n) is 4.49. The molecule has 0 spiro atoms. The van der Waals surface area contributed by atoms with Crippen LogP contribution in [0.1, 0.15) is 30.0 Å². The Morgan fingerprint density at radius 1 is 1.42 bits per heavy atom. The molecule has 2 heterocycles. The van der Waals surface area contributed by atoms with Gasteiger partial charge in [-0.05, 0) is 37.4 Å². The molecule has 19 heavy (non-hydrogen) atoms. The summed E-state index contributed by atoms with van der Waals surface area (Å²) >= 11 is 0. The van der Waals surface area contributed by atoms with E-state index in [0.717, 1.165) is 13.2 Å². The molecule has 0 saturated carbocycles. The van der Waals surface area contributed by atoms with E-state index in [4.69, 9.17) is 10.6 Å². The van der Waals surface area contributed by atoms with E-state index >= 15 is 0 Å².